The summed E-state index contributed by atoms with van der Waals surface area (Å²) in [6.45, 7) is 3.58. The number of aliphatic hydroxyl groups is 2. The molecule has 0 aromatic carbocycles. The van der Waals surface area contributed by atoms with E-state index in [2.05, 4.69) is 12.2 Å². The molecule has 1 aliphatic carbocycles. The summed E-state index contributed by atoms with van der Waals surface area (Å²) in [6.07, 6.45) is 5.34. The predicted molar refractivity (Wildman–Crippen MR) is 57.2 cm³/mol. The lowest BCUT2D eigenvalue weighted by Gasteiger charge is -2.36. The Labute approximate surface area is 86.5 Å². The van der Waals surface area contributed by atoms with E-state index in [1.807, 2.05) is 0 Å². The molecule has 0 aliphatic heterocycles. The van der Waals surface area contributed by atoms with Gasteiger partial charge >= 0.3 is 0 Å². The number of rotatable bonds is 5. The van der Waals surface area contributed by atoms with Gasteiger partial charge in [-0.2, -0.15) is 0 Å². The molecule has 1 saturated carbocycles. The Bertz CT molecular complexity index is 148. The fourth-order valence-corrected chi connectivity index (χ4v) is 2.20. The van der Waals surface area contributed by atoms with Crippen LogP contribution in [0.4, 0.5) is 0 Å². The molecule has 0 bridgehead atoms. The second-order valence-electron chi connectivity index (χ2n) is 4.48. The van der Waals surface area contributed by atoms with Crippen LogP contribution in [0.3, 0.4) is 0 Å². The quantitative estimate of drug-likeness (QED) is 0.579. The van der Waals surface area contributed by atoms with Crippen LogP contribution in [0.5, 0.6) is 0 Å². The van der Waals surface area contributed by atoms with Crippen molar-refractivity contribution in [2.45, 2.75) is 44.6 Å². The molecule has 3 N–H and O–H groups in total. The van der Waals surface area contributed by atoms with Crippen LogP contribution in [-0.4, -0.2) is 35.5 Å². The van der Waals surface area contributed by atoms with Crippen molar-refractivity contribution in [2.24, 2.45) is 5.92 Å². The van der Waals surface area contributed by atoms with Crippen molar-refractivity contribution in [2.75, 3.05) is 19.7 Å². The summed E-state index contributed by atoms with van der Waals surface area (Å²) in [7, 11) is 0. The first kappa shape index (κ1) is 12.0. The molecule has 3 heteroatoms. The van der Waals surface area contributed by atoms with Gasteiger partial charge in [0.1, 0.15) is 0 Å². The van der Waals surface area contributed by atoms with Crippen LogP contribution in [0, 0.1) is 5.92 Å². The van der Waals surface area contributed by atoms with Crippen LogP contribution in [0.2, 0.25) is 0 Å². The van der Waals surface area contributed by atoms with Gasteiger partial charge < -0.3 is 15.5 Å². The second kappa shape index (κ2) is 5.69. The van der Waals surface area contributed by atoms with E-state index in [0.717, 1.165) is 31.6 Å². The Kier molecular flexibility index (Phi) is 4.85. The predicted octanol–water partition coefficient (Wildman–Crippen LogP) is 0.900. The van der Waals surface area contributed by atoms with Crippen molar-refractivity contribution in [3.05, 3.63) is 0 Å². The molecule has 0 radical (unpaired) electrons. The van der Waals surface area contributed by atoms with E-state index in [1.165, 1.54) is 6.42 Å². The first-order chi connectivity index (χ1) is 6.70. The molecule has 0 saturated heterocycles. The SMILES string of the molecule is CCC1CCC(O)(CNCCO)CC1. The minimum atomic E-state index is -0.513. The smallest absolute Gasteiger partial charge is 0.0771 e. The Morgan fingerprint density at radius 1 is 1.36 bits per heavy atom. The highest BCUT2D eigenvalue weighted by Crippen LogP contribution is 2.33. The van der Waals surface area contributed by atoms with Crippen LogP contribution >= 0.6 is 0 Å². The van der Waals surface area contributed by atoms with Gasteiger partial charge in [0.15, 0.2) is 0 Å². The number of nitrogens with one attached hydrogen (secondary N) is 1. The Morgan fingerprint density at radius 2 is 2.00 bits per heavy atom. The first-order valence-corrected chi connectivity index (χ1v) is 5.74. The highest BCUT2D eigenvalue weighted by molar-refractivity contribution is 4.86. The van der Waals surface area contributed by atoms with Crippen LogP contribution < -0.4 is 5.32 Å². The summed E-state index contributed by atoms with van der Waals surface area (Å²) < 4.78 is 0. The van der Waals surface area contributed by atoms with Crippen LogP contribution in [0.1, 0.15) is 39.0 Å². The maximum atomic E-state index is 10.2. The van der Waals surface area contributed by atoms with E-state index in [4.69, 9.17) is 5.11 Å². The second-order valence-corrected chi connectivity index (χ2v) is 4.48. The lowest BCUT2D eigenvalue weighted by atomic mass is 9.78. The van der Waals surface area contributed by atoms with Gasteiger partial charge in [0.05, 0.1) is 12.2 Å². The summed E-state index contributed by atoms with van der Waals surface area (Å²) in [6, 6.07) is 0. The van der Waals surface area contributed by atoms with Crippen molar-refractivity contribution in [1.82, 2.24) is 5.32 Å². The van der Waals surface area contributed by atoms with Crippen molar-refractivity contribution < 1.29 is 10.2 Å². The summed E-state index contributed by atoms with van der Waals surface area (Å²) in [5.74, 6) is 0.813. The van der Waals surface area contributed by atoms with E-state index in [0.29, 0.717) is 13.1 Å². The molecule has 0 unspecified atom stereocenters. The third kappa shape index (κ3) is 3.56. The van der Waals surface area contributed by atoms with E-state index < -0.39 is 5.60 Å². The fourth-order valence-electron chi connectivity index (χ4n) is 2.20. The average molecular weight is 201 g/mol. The molecular weight excluding hydrogens is 178 g/mol. The van der Waals surface area contributed by atoms with Gasteiger partial charge in [-0.1, -0.05) is 13.3 Å². The maximum absolute atomic E-state index is 10.2. The van der Waals surface area contributed by atoms with E-state index in [9.17, 15) is 5.11 Å². The molecule has 0 amide bonds. The summed E-state index contributed by atoms with van der Waals surface area (Å²) in [5, 5.41) is 21.9. The summed E-state index contributed by atoms with van der Waals surface area (Å²) in [4.78, 5) is 0. The average Bonchev–Trinajstić information content (AvgIpc) is 2.19. The lowest BCUT2D eigenvalue weighted by Crippen LogP contribution is -2.44. The van der Waals surface area contributed by atoms with E-state index in [-0.39, 0.29) is 6.61 Å². The van der Waals surface area contributed by atoms with Crippen molar-refractivity contribution in [1.29, 1.82) is 0 Å². The molecular formula is C11H23NO2. The molecule has 1 rings (SSSR count). The first-order valence-electron chi connectivity index (χ1n) is 5.74. The topological polar surface area (TPSA) is 52.5 Å². The van der Waals surface area contributed by atoms with Crippen molar-refractivity contribution in [3.8, 4) is 0 Å². The normalized spacial score (nSPS) is 33.2. The van der Waals surface area contributed by atoms with Crippen molar-refractivity contribution in [3.63, 3.8) is 0 Å². The zero-order valence-corrected chi connectivity index (χ0v) is 9.13. The van der Waals surface area contributed by atoms with E-state index in [1.54, 1.807) is 0 Å². The van der Waals surface area contributed by atoms with Gasteiger partial charge in [-0.15, -0.1) is 0 Å². The molecule has 14 heavy (non-hydrogen) atoms. The van der Waals surface area contributed by atoms with Gasteiger partial charge in [0.25, 0.3) is 0 Å². The van der Waals surface area contributed by atoms with Gasteiger partial charge in [-0.3, -0.25) is 0 Å². The monoisotopic (exact) mass is 201 g/mol. The molecule has 0 aromatic heterocycles. The number of hydrogen-bond acceptors (Lipinski definition) is 3. The third-order valence-electron chi connectivity index (χ3n) is 3.36. The van der Waals surface area contributed by atoms with Gasteiger partial charge in [0, 0.05) is 13.1 Å². The molecule has 1 aliphatic rings. The summed E-state index contributed by atoms with van der Waals surface area (Å²) >= 11 is 0. The Morgan fingerprint density at radius 3 is 2.50 bits per heavy atom. The van der Waals surface area contributed by atoms with Gasteiger partial charge in [0.2, 0.25) is 0 Å². The summed E-state index contributed by atoms with van der Waals surface area (Å²) in [5.41, 5.74) is -0.513. The Hall–Kier alpha value is -0.120. The number of aliphatic hydroxyl groups excluding tert-OH is 1. The molecule has 0 aromatic rings. The highest BCUT2D eigenvalue weighted by Gasteiger charge is 2.31. The largest absolute Gasteiger partial charge is 0.395 e. The van der Waals surface area contributed by atoms with E-state index >= 15 is 0 Å². The van der Waals surface area contributed by atoms with Crippen LogP contribution in [0.15, 0.2) is 0 Å². The zero-order valence-electron chi connectivity index (χ0n) is 9.13. The standard InChI is InChI=1S/C11H23NO2/c1-2-10-3-5-11(14,6-4-10)9-12-7-8-13/h10,12-14H,2-9H2,1H3. The minimum absolute atomic E-state index is 0.146. The van der Waals surface area contributed by atoms with Crippen molar-refractivity contribution >= 4 is 0 Å². The molecule has 0 atom stereocenters. The van der Waals surface area contributed by atoms with Crippen LogP contribution in [-0.2, 0) is 0 Å². The van der Waals surface area contributed by atoms with Gasteiger partial charge in [-0.25, -0.2) is 0 Å². The third-order valence-corrected chi connectivity index (χ3v) is 3.36. The molecule has 1 fully saturated rings. The molecule has 0 heterocycles. The zero-order chi connectivity index (χ0) is 10.4. The molecule has 3 nitrogen and oxygen atoms in total. The minimum Gasteiger partial charge on any atom is -0.395 e. The maximum Gasteiger partial charge on any atom is 0.0771 e. The molecule has 0 spiro atoms. The molecule has 84 valence electrons. The van der Waals surface area contributed by atoms with Gasteiger partial charge in [-0.05, 0) is 31.6 Å². The number of hydrogen-bond donors (Lipinski definition) is 3. The lowest BCUT2D eigenvalue weighted by molar-refractivity contribution is -0.00899. The Balaban J connectivity index is 2.23. The fraction of sp³-hybridized carbons (Fsp3) is 1.00. The van der Waals surface area contributed by atoms with Crippen LogP contribution in [0.25, 0.3) is 0 Å². The highest BCUT2D eigenvalue weighted by atomic mass is 16.3.